The monoisotopic (exact) mass is 234 g/mol. The number of hydrogen-bond acceptors (Lipinski definition) is 1. The maximum absolute atomic E-state index is 13.4. The summed E-state index contributed by atoms with van der Waals surface area (Å²) >= 11 is 0. The van der Waals surface area contributed by atoms with Crippen molar-refractivity contribution in [3.8, 4) is 0 Å². The molecule has 92 valence electrons. The third-order valence-corrected chi connectivity index (χ3v) is 3.45. The van der Waals surface area contributed by atoms with Crippen molar-refractivity contribution in [3.63, 3.8) is 0 Å². The summed E-state index contributed by atoms with van der Waals surface area (Å²) in [7, 11) is 1.99. The van der Waals surface area contributed by atoms with Gasteiger partial charge in [0.15, 0.2) is 0 Å². The Morgan fingerprint density at radius 2 is 2.06 bits per heavy atom. The first-order chi connectivity index (χ1) is 7.95. The summed E-state index contributed by atoms with van der Waals surface area (Å²) in [5, 5.41) is 0.992. The third-order valence-electron chi connectivity index (χ3n) is 3.45. The van der Waals surface area contributed by atoms with E-state index in [1.54, 1.807) is 6.07 Å². The molecule has 2 N–H and O–H groups in total. The number of nitrogens with zero attached hydrogens (tertiary/aromatic N) is 1. The van der Waals surface area contributed by atoms with Gasteiger partial charge in [-0.3, -0.25) is 0 Å². The Labute approximate surface area is 101 Å². The fourth-order valence-electron chi connectivity index (χ4n) is 2.40. The molecule has 0 unspecified atom stereocenters. The lowest BCUT2D eigenvalue weighted by atomic mass is 9.81. The average molecular weight is 234 g/mol. The van der Waals surface area contributed by atoms with Crippen molar-refractivity contribution >= 4 is 10.9 Å². The highest BCUT2D eigenvalue weighted by molar-refractivity contribution is 5.85. The fourth-order valence-corrected chi connectivity index (χ4v) is 2.40. The number of aryl methyl sites for hydroxylation is 1. The maximum atomic E-state index is 13.4. The molecule has 0 aliphatic heterocycles. The average Bonchev–Trinajstić information content (AvgIpc) is 2.56. The minimum absolute atomic E-state index is 0.0257. The van der Waals surface area contributed by atoms with Gasteiger partial charge in [-0.15, -0.1) is 0 Å². The van der Waals surface area contributed by atoms with E-state index in [2.05, 4.69) is 20.0 Å². The summed E-state index contributed by atoms with van der Waals surface area (Å²) in [5.41, 5.74) is 7.85. The number of fused-ring (bicyclic) bond motifs is 1. The van der Waals surface area contributed by atoms with Crippen molar-refractivity contribution < 1.29 is 4.39 Å². The van der Waals surface area contributed by atoms with Crippen LogP contribution in [-0.2, 0) is 12.5 Å². The molecule has 0 aliphatic rings. The van der Waals surface area contributed by atoms with Gasteiger partial charge in [-0.1, -0.05) is 13.8 Å². The number of aromatic nitrogens is 1. The quantitative estimate of drug-likeness (QED) is 0.869. The second-order valence-electron chi connectivity index (χ2n) is 5.24. The summed E-state index contributed by atoms with van der Waals surface area (Å²) < 4.78 is 15.4. The van der Waals surface area contributed by atoms with Crippen molar-refractivity contribution in [2.75, 3.05) is 6.54 Å². The van der Waals surface area contributed by atoms with Gasteiger partial charge in [0.25, 0.3) is 0 Å². The van der Waals surface area contributed by atoms with Crippen LogP contribution >= 0.6 is 0 Å². The van der Waals surface area contributed by atoms with E-state index in [9.17, 15) is 4.39 Å². The van der Waals surface area contributed by atoms with Crippen LogP contribution in [0.5, 0.6) is 0 Å². The lowest BCUT2D eigenvalue weighted by molar-refractivity contribution is 0.490. The van der Waals surface area contributed by atoms with Gasteiger partial charge in [-0.05, 0) is 42.1 Å². The number of rotatable bonds is 3. The fraction of sp³-hybridized carbons (Fsp3) is 0.429. The second-order valence-corrected chi connectivity index (χ2v) is 5.24. The number of halogens is 1. The third kappa shape index (κ3) is 2.07. The summed E-state index contributed by atoms with van der Waals surface area (Å²) in [5.74, 6) is -0.187. The Bertz CT molecular complexity index is 540. The lowest BCUT2D eigenvalue weighted by Gasteiger charge is -2.23. The Hall–Kier alpha value is -1.35. The van der Waals surface area contributed by atoms with E-state index in [1.165, 1.54) is 11.6 Å². The van der Waals surface area contributed by atoms with Crippen LogP contribution in [0.2, 0.25) is 0 Å². The van der Waals surface area contributed by atoms with Gasteiger partial charge in [-0.2, -0.15) is 0 Å². The molecule has 17 heavy (non-hydrogen) atoms. The number of nitrogens with two attached hydrogens (primary N) is 1. The van der Waals surface area contributed by atoms with Crippen LogP contribution in [-0.4, -0.2) is 11.1 Å². The molecule has 1 aromatic carbocycles. The van der Waals surface area contributed by atoms with Gasteiger partial charge < -0.3 is 10.3 Å². The van der Waals surface area contributed by atoms with Crippen LogP contribution in [0.3, 0.4) is 0 Å². The van der Waals surface area contributed by atoms with Crippen LogP contribution in [0.25, 0.3) is 10.9 Å². The molecular formula is C14H19FN2. The standard InChI is InChI=1S/C14H19FN2/c1-14(2,6-7-16)12-9-17(3)13-5-4-10(15)8-11(12)13/h4-5,8-9H,6-7,16H2,1-3H3. The van der Waals surface area contributed by atoms with Gasteiger partial charge in [0.1, 0.15) is 5.82 Å². The zero-order valence-electron chi connectivity index (χ0n) is 10.6. The Kier molecular flexibility index (Phi) is 2.96. The minimum atomic E-state index is -0.187. The predicted octanol–water partition coefficient (Wildman–Crippen LogP) is 2.94. The van der Waals surface area contributed by atoms with E-state index in [-0.39, 0.29) is 11.2 Å². The van der Waals surface area contributed by atoms with Crippen LogP contribution < -0.4 is 5.73 Å². The molecule has 0 atom stereocenters. The highest BCUT2D eigenvalue weighted by atomic mass is 19.1. The first-order valence-corrected chi connectivity index (χ1v) is 5.91. The molecule has 2 nitrogen and oxygen atoms in total. The van der Waals surface area contributed by atoms with Gasteiger partial charge in [-0.25, -0.2) is 4.39 Å². The Morgan fingerprint density at radius 3 is 2.71 bits per heavy atom. The van der Waals surface area contributed by atoms with Crippen LogP contribution in [0.4, 0.5) is 4.39 Å². The maximum Gasteiger partial charge on any atom is 0.123 e. The number of hydrogen-bond donors (Lipinski definition) is 1. The molecule has 0 amide bonds. The zero-order valence-corrected chi connectivity index (χ0v) is 10.6. The van der Waals surface area contributed by atoms with Crippen molar-refractivity contribution in [1.29, 1.82) is 0 Å². The van der Waals surface area contributed by atoms with E-state index in [0.29, 0.717) is 6.54 Å². The largest absolute Gasteiger partial charge is 0.350 e. The highest BCUT2D eigenvalue weighted by Gasteiger charge is 2.24. The van der Waals surface area contributed by atoms with E-state index in [4.69, 9.17) is 5.73 Å². The SMILES string of the molecule is Cn1cc(C(C)(C)CCN)c2cc(F)ccc21. The molecule has 0 radical (unpaired) electrons. The first-order valence-electron chi connectivity index (χ1n) is 5.91. The molecule has 0 aliphatic carbocycles. The van der Waals surface area contributed by atoms with Gasteiger partial charge in [0, 0.05) is 24.1 Å². The van der Waals surface area contributed by atoms with Crippen LogP contribution in [0, 0.1) is 5.82 Å². The zero-order chi connectivity index (χ0) is 12.6. The van der Waals surface area contributed by atoms with Crippen LogP contribution in [0.15, 0.2) is 24.4 Å². The van der Waals surface area contributed by atoms with E-state index >= 15 is 0 Å². The summed E-state index contributed by atoms with van der Waals surface area (Å²) in [6, 6.07) is 4.94. The molecule has 0 fully saturated rings. The molecule has 0 saturated heterocycles. The van der Waals surface area contributed by atoms with Gasteiger partial charge in [0.05, 0.1) is 0 Å². The smallest absolute Gasteiger partial charge is 0.123 e. The molecule has 0 saturated carbocycles. The first kappa shape index (κ1) is 12.1. The minimum Gasteiger partial charge on any atom is -0.350 e. The summed E-state index contributed by atoms with van der Waals surface area (Å²) in [4.78, 5) is 0. The van der Waals surface area contributed by atoms with E-state index in [1.807, 2.05) is 17.7 Å². The number of benzene rings is 1. The molecule has 0 spiro atoms. The molecule has 1 heterocycles. The van der Waals surface area contributed by atoms with Gasteiger partial charge >= 0.3 is 0 Å². The topological polar surface area (TPSA) is 30.9 Å². The van der Waals surface area contributed by atoms with E-state index in [0.717, 1.165) is 17.3 Å². The van der Waals surface area contributed by atoms with E-state index < -0.39 is 0 Å². The van der Waals surface area contributed by atoms with Crippen molar-refractivity contribution in [2.45, 2.75) is 25.7 Å². The summed E-state index contributed by atoms with van der Waals surface area (Å²) in [6.45, 7) is 4.94. The molecule has 1 aromatic heterocycles. The Balaban J connectivity index is 2.65. The predicted molar refractivity (Wildman–Crippen MR) is 69.6 cm³/mol. The molecule has 3 heteroatoms. The lowest BCUT2D eigenvalue weighted by Crippen LogP contribution is -2.21. The van der Waals surface area contributed by atoms with Crippen molar-refractivity contribution in [3.05, 3.63) is 35.8 Å². The van der Waals surface area contributed by atoms with Crippen molar-refractivity contribution in [2.24, 2.45) is 12.8 Å². The highest BCUT2D eigenvalue weighted by Crippen LogP contribution is 2.34. The van der Waals surface area contributed by atoms with Crippen LogP contribution in [0.1, 0.15) is 25.8 Å². The Morgan fingerprint density at radius 1 is 1.35 bits per heavy atom. The molecular weight excluding hydrogens is 215 g/mol. The molecule has 2 aromatic rings. The normalized spacial score (nSPS) is 12.3. The summed E-state index contributed by atoms with van der Waals surface area (Å²) in [6.07, 6.45) is 2.97. The molecule has 0 bridgehead atoms. The molecule has 2 rings (SSSR count). The van der Waals surface area contributed by atoms with Crippen molar-refractivity contribution in [1.82, 2.24) is 4.57 Å². The second kappa shape index (κ2) is 4.15. The van der Waals surface area contributed by atoms with Gasteiger partial charge in [0.2, 0.25) is 0 Å².